The molecule has 2 N–H and O–H groups in total. The molecule has 3 rings (SSSR count). The van der Waals surface area contributed by atoms with Gasteiger partial charge in [0, 0.05) is 31.7 Å². The number of halogens is 1. The molecule has 1 aromatic heterocycles. The van der Waals surface area contributed by atoms with Crippen LogP contribution in [0, 0.1) is 0 Å². The van der Waals surface area contributed by atoms with Crippen LogP contribution in [0.25, 0.3) is 0 Å². The summed E-state index contributed by atoms with van der Waals surface area (Å²) >= 11 is 0. The van der Waals surface area contributed by atoms with E-state index in [0.29, 0.717) is 12.5 Å². The molecule has 0 fully saturated rings. The molecule has 2 heterocycles. The fourth-order valence-electron chi connectivity index (χ4n) is 3.13. The van der Waals surface area contributed by atoms with Crippen molar-refractivity contribution in [3.8, 4) is 0 Å². The summed E-state index contributed by atoms with van der Waals surface area (Å²) in [6, 6.07) is 11.9. The van der Waals surface area contributed by atoms with E-state index in [2.05, 4.69) is 21.7 Å². The maximum Gasteiger partial charge on any atom is 0.248 e. The van der Waals surface area contributed by atoms with Gasteiger partial charge in [-0.25, -0.2) is 4.99 Å². The summed E-state index contributed by atoms with van der Waals surface area (Å²) in [5, 5.41) is 6.42. The lowest BCUT2D eigenvalue weighted by molar-refractivity contribution is -0.117. The van der Waals surface area contributed by atoms with Gasteiger partial charge >= 0.3 is 0 Å². The molecule has 1 amide bonds. The lowest BCUT2D eigenvalue weighted by atomic mass is 10.0. The lowest BCUT2D eigenvalue weighted by Gasteiger charge is -2.29. The van der Waals surface area contributed by atoms with Gasteiger partial charge in [-0.2, -0.15) is 0 Å². The van der Waals surface area contributed by atoms with E-state index in [1.807, 2.05) is 42.2 Å². The number of para-hydroxylation sites is 1. The molecule has 146 valence electrons. The number of nitrogens with zero attached hydrogens (tertiary/aromatic N) is 2. The second-order valence-corrected chi connectivity index (χ2v) is 6.23. The smallest absolute Gasteiger partial charge is 0.248 e. The molecule has 0 radical (unpaired) electrons. The number of amides is 1. The van der Waals surface area contributed by atoms with E-state index in [4.69, 9.17) is 4.42 Å². The van der Waals surface area contributed by atoms with Gasteiger partial charge in [-0.05, 0) is 43.5 Å². The van der Waals surface area contributed by atoms with E-state index in [1.165, 1.54) is 5.56 Å². The van der Waals surface area contributed by atoms with E-state index in [1.54, 1.807) is 6.26 Å². The van der Waals surface area contributed by atoms with Crippen molar-refractivity contribution in [2.75, 3.05) is 31.1 Å². The highest BCUT2D eigenvalue weighted by atomic mass is 127. The average molecular weight is 482 g/mol. The minimum absolute atomic E-state index is 0. The number of anilines is 1. The molecule has 1 aromatic carbocycles. The predicted octanol–water partition coefficient (Wildman–Crippen LogP) is 2.97. The topological polar surface area (TPSA) is 69.9 Å². The lowest BCUT2D eigenvalue weighted by Crippen LogP contribution is -2.41. The highest BCUT2D eigenvalue weighted by Crippen LogP contribution is 2.26. The molecule has 0 saturated heterocycles. The van der Waals surface area contributed by atoms with Crippen LogP contribution in [-0.2, 0) is 17.6 Å². The van der Waals surface area contributed by atoms with E-state index in [-0.39, 0.29) is 36.4 Å². The first kappa shape index (κ1) is 21.3. The Morgan fingerprint density at radius 3 is 2.85 bits per heavy atom. The van der Waals surface area contributed by atoms with Crippen LogP contribution >= 0.6 is 24.0 Å². The number of rotatable bonds is 6. The summed E-state index contributed by atoms with van der Waals surface area (Å²) in [5.74, 6) is 1.60. The van der Waals surface area contributed by atoms with Crippen LogP contribution in [0.2, 0.25) is 0 Å². The molecule has 7 heteroatoms. The van der Waals surface area contributed by atoms with Crippen molar-refractivity contribution in [1.29, 1.82) is 0 Å². The minimum Gasteiger partial charge on any atom is -0.469 e. The number of furan rings is 1. The van der Waals surface area contributed by atoms with E-state index in [0.717, 1.165) is 43.8 Å². The summed E-state index contributed by atoms with van der Waals surface area (Å²) in [5.41, 5.74) is 2.26. The molecule has 1 aliphatic rings. The van der Waals surface area contributed by atoms with Gasteiger partial charge in [0.15, 0.2) is 5.96 Å². The Bertz CT molecular complexity index is 746. The fraction of sp³-hybridized carbons (Fsp3) is 0.400. The van der Waals surface area contributed by atoms with Crippen molar-refractivity contribution < 1.29 is 9.21 Å². The van der Waals surface area contributed by atoms with Crippen molar-refractivity contribution in [2.24, 2.45) is 4.99 Å². The zero-order valence-corrected chi connectivity index (χ0v) is 17.9. The first-order chi connectivity index (χ1) is 12.8. The molecule has 2 aromatic rings. The SMILES string of the molecule is CCNC(=NCC(=O)N1CCCc2ccccc21)NCCc1ccco1.I. The second kappa shape index (κ2) is 11.0. The quantitative estimate of drug-likeness (QED) is 0.378. The molecule has 0 saturated carbocycles. The largest absolute Gasteiger partial charge is 0.469 e. The molecule has 0 spiro atoms. The Hall–Kier alpha value is -2.03. The number of nitrogens with one attached hydrogen (secondary N) is 2. The third-order valence-electron chi connectivity index (χ3n) is 4.37. The molecule has 0 unspecified atom stereocenters. The summed E-state index contributed by atoms with van der Waals surface area (Å²) in [6.07, 6.45) is 4.46. The highest BCUT2D eigenvalue weighted by molar-refractivity contribution is 14.0. The molecule has 0 bridgehead atoms. The molecule has 0 aliphatic carbocycles. The molecule has 27 heavy (non-hydrogen) atoms. The molecule has 6 nitrogen and oxygen atoms in total. The van der Waals surface area contributed by atoms with Crippen LogP contribution in [0.1, 0.15) is 24.7 Å². The number of carbonyl (C=O) groups is 1. The number of aryl methyl sites for hydroxylation is 1. The van der Waals surface area contributed by atoms with Gasteiger partial charge in [-0.1, -0.05) is 18.2 Å². The van der Waals surface area contributed by atoms with Crippen LogP contribution in [0.5, 0.6) is 0 Å². The first-order valence-electron chi connectivity index (χ1n) is 9.20. The average Bonchev–Trinajstić information content (AvgIpc) is 3.19. The fourth-order valence-corrected chi connectivity index (χ4v) is 3.13. The van der Waals surface area contributed by atoms with Gasteiger partial charge in [0.25, 0.3) is 0 Å². The molecule has 0 atom stereocenters. The molecule has 1 aliphatic heterocycles. The Kier molecular flexibility index (Phi) is 8.63. The second-order valence-electron chi connectivity index (χ2n) is 6.23. The highest BCUT2D eigenvalue weighted by Gasteiger charge is 2.21. The Labute approximate surface area is 177 Å². The zero-order valence-electron chi connectivity index (χ0n) is 15.6. The normalized spacial score (nSPS) is 13.5. The summed E-state index contributed by atoms with van der Waals surface area (Å²) in [6.45, 7) is 4.33. The van der Waals surface area contributed by atoms with E-state index in [9.17, 15) is 4.79 Å². The number of carbonyl (C=O) groups excluding carboxylic acids is 1. The third-order valence-corrected chi connectivity index (χ3v) is 4.37. The molecular formula is C20H27IN4O2. The van der Waals surface area contributed by atoms with Gasteiger partial charge in [0.1, 0.15) is 12.3 Å². The van der Waals surface area contributed by atoms with Crippen molar-refractivity contribution in [2.45, 2.75) is 26.2 Å². The third kappa shape index (κ3) is 5.98. The van der Waals surface area contributed by atoms with Gasteiger partial charge < -0.3 is 20.0 Å². The number of guanidine groups is 1. The predicted molar refractivity (Wildman–Crippen MR) is 119 cm³/mol. The van der Waals surface area contributed by atoms with Crippen molar-refractivity contribution in [1.82, 2.24) is 10.6 Å². The van der Waals surface area contributed by atoms with Crippen LogP contribution in [0.15, 0.2) is 52.1 Å². The van der Waals surface area contributed by atoms with Gasteiger partial charge in [-0.15, -0.1) is 24.0 Å². The van der Waals surface area contributed by atoms with Crippen molar-refractivity contribution in [3.05, 3.63) is 54.0 Å². The zero-order chi connectivity index (χ0) is 18.2. The number of fused-ring (bicyclic) bond motifs is 1. The molecular weight excluding hydrogens is 455 g/mol. The Morgan fingerprint density at radius 2 is 2.07 bits per heavy atom. The number of hydrogen-bond donors (Lipinski definition) is 2. The maximum atomic E-state index is 12.7. The number of benzene rings is 1. The Balaban J connectivity index is 0.00000261. The van der Waals surface area contributed by atoms with E-state index < -0.39 is 0 Å². The van der Waals surface area contributed by atoms with Gasteiger partial charge in [-0.3, -0.25) is 4.79 Å². The standard InChI is InChI=1S/C20H26N4O2.HI/c1-2-21-20(22-12-11-17-9-6-14-26-17)23-15-19(25)24-13-5-8-16-7-3-4-10-18(16)24;/h3-4,6-7,9-10,14H,2,5,8,11-13,15H2,1H3,(H2,21,22,23);1H. The van der Waals surface area contributed by atoms with Crippen LogP contribution in [0.3, 0.4) is 0 Å². The minimum atomic E-state index is 0. The Morgan fingerprint density at radius 1 is 1.22 bits per heavy atom. The van der Waals surface area contributed by atoms with Crippen LogP contribution in [-0.4, -0.2) is 38.0 Å². The summed E-state index contributed by atoms with van der Waals surface area (Å²) in [4.78, 5) is 19.0. The van der Waals surface area contributed by atoms with Crippen LogP contribution < -0.4 is 15.5 Å². The monoisotopic (exact) mass is 482 g/mol. The first-order valence-corrected chi connectivity index (χ1v) is 9.20. The summed E-state index contributed by atoms with van der Waals surface area (Å²) < 4.78 is 5.33. The van der Waals surface area contributed by atoms with Crippen molar-refractivity contribution >= 4 is 41.5 Å². The summed E-state index contributed by atoms with van der Waals surface area (Å²) in [7, 11) is 0. The van der Waals surface area contributed by atoms with Crippen molar-refractivity contribution in [3.63, 3.8) is 0 Å². The maximum absolute atomic E-state index is 12.7. The number of hydrogen-bond acceptors (Lipinski definition) is 3. The van der Waals surface area contributed by atoms with Crippen LogP contribution in [0.4, 0.5) is 5.69 Å². The number of aliphatic imine (C=N–C) groups is 1. The van der Waals surface area contributed by atoms with Gasteiger partial charge in [0.2, 0.25) is 5.91 Å². The van der Waals surface area contributed by atoms with Gasteiger partial charge in [0.05, 0.1) is 6.26 Å². The van der Waals surface area contributed by atoms with E-state index >= 15 is 0 Å².